The van der Waals surface area contributed by atoms with Gasteiger partial charge in [0.05, 0.1) is 36.8 Å². The highest BCUT2D eigenvalue weighted by molar-refractivity contribution is 5.68. The number of nitrogens with zero attached hydrogens (tertiary/aromatic N) is 5. The molecule has 0 saturated carbocycles. The number of ether oxygens (including phenoxy) is 3. The summed E-state index contributed by atoms with van der Waals surface area (Å²) in [4.78, 5) is 22.4. The molecule has 2 saturated heterocycles. The van der Waals surface area contributed by atoms with Crippen LogP contribution in [0.1, 0.15) is 58.1 Å². The first kappa shape index (κ1) is 25.2. The minimum atomic E-state index is -0.478. The Morgan fingerprint density at radius 3 is 2.60 bits per heavy atom. The predicted molar refractivity (Wildman–Crippen MR) is 129 cm³/mol. The molecule has 11 nitrogen and oxygen atoms in total. The monoisotopic (exact) mass is 488 g/mol. The second-order valence-electron chi connectivity index (χ2n) is 10.1. The van der Waals surface area contributed by atoms with Gasteiger partial charge in [-0.05, 0) is 52.5 Å². The number of aliphatic hydroxyl groups excluding tert-OH is 1. The Kier molecular flexibility index (Phi) is 7.75. The molecule has 0 aromatic carbocycles. The first-order valence-electron chi connectivity index (χ1n) is 12.3. The molecule has 2 fully saturated rings. The maximum absolute atomic E-state index is 12.3. The van der Waals surface area contributed by atoms with E-state index in [0.29, 0.717) is 50.2 Å². The van der Waals surface area contributed by atoms with Crippen LogP contribution >= 0.6 is 0 Å². The van der Waals surface area contributed by atoms with Gasteiger partial charge in [-0.3, -0.25) is 4.68 Å². The third kappa shape index (κ3) is 6.61. The topological polar surface area (TPSA) is 138 Å². The van der Waals surface area contributed by atoms with E-state index in [1.54, 1.807) is 11.1 Å². The van der Waals surface area contributed by atoms with E-state index in [2.05, 4.69) is 16.0 Å². The molecule has 0 radical (unpaired) electrons. The number of likely N-dealkylation sites (tertiary alicyclic amines) is 1. The van der Waals surface area contributed by atoms with E-state index >= 15 is 0 Å². The van der Waals surface area contributed by atoms with Gasteiger partial charge < -0.3 is 30.0 Å². The molecule has 3 aliphatic rings. The number of nitrogens with two attached hydrogens (primary N) is 1. The van der Waals surface area contributed by atoms with Crippen molar-refractivity contribution in [3.8, 4) is 17.1 Å². The van der Waals surface area contributed by atoms with Crippen molar-refractivity contribution in [2.45, 2.75) is 70.6 Å². The number of carbonyl (C=O) groups is 1. The number of nitrogen functional groups attached to an aromatic ring is 1. The number of fused-ring (bicyclic) bond motifs is 3. The fourth-order valence-electron chi connectivity index (χ4n) is 4.32. The zero-order chi connectivity index (χ0) is 25.0. The smallest absolute Gasteiger partial charge is 0.410 e. The lowest BCUT2D eigenvalue weighted by molar-refractivity contribution is -0.00535. The Morgan fingerprint density at radius 2 is 1.97 bits per heavy atom. The predicted octanol–water partition coefficient (Wildman–Crippen LogP) is 2.59. The molecule has 0 spiro atoms. The average Bonchev–Trinajstić information content (AvgIpc) is 3.17. The van der Waals surface area contributed by atoms with Crippen LogP contribution in [0.4, 0.5) is 10.7 Å². The van der Waals surface area contributed by atoms with Crippen molar-refractivity contribution in [1.82, 2.24) is 24.6 Å². The lowest BCUT2D eigenvalue weighted by Crippen LogP contribution is -2.41. The van der Waals surface area contributed by atoms with Crippen LogP contribution in [0.2, 0.25) is 0 Å². The van der Waals surface area contributed by atoms with E-state index in [1.165, 1.54) is 0 Å². The van der Waals surface area contributed by atoms with Crippen molar-refractivity contribution in [3.05, 3.63) is 18.0 Å². The number of carbonyl (C=O) groups excluding carboxylic acids is 1. The summed E-state index contributed by atoms with van der Waals surface area (Å²) in [5.41, 5.74) is 7.88. The molecule has 5 rings (SSSR count). The molecule has 0 bridgehead atoms. The van der Waals surface area contributed by atoms with Gasteiger partial charge in [0.1, 0.15) is 17.9 Å². The van der Waals surface area contributed by atoms with Gasteiger partial charge in [0.25, 0.3) is 0 Å². The molecule has 35 heavy (non-hydrogen) atoms. The van der Waals surface area contributed by atoms with Gasteiger partial charge in [0.15, 0.2) is 5.75 Å². The molecule has 5 heterocycles. The molecule has 3 aliphatic heterocycles. The van der Waals surface area contributed by atoms with E-state index in [4.69, 9.17) is 30.1 Å². The molecular formula is C24H36N6O5. The molecule has 2 aromatic heterocycles. The first-order chi connectivity index (χ1) is 16.7. The van der Waals surface area contributed by atoms with Crippen LogP contribution < -0.4 is 10.5 Å². The van der Waals surface area contributed by atoms with Gasteiger partial charge >= 0.3 is 6.09 Å². The fourth-order valence-corrected chi connectivity index (χ4v) is 4.32. The van der Waals surface area contributed by atoms with E-state index in [9.17, 15) is 4.79 Å². The lowest BCUT2D eigenvalue weighted by Gasteiger charge is -2.32. The van der Waals surface area contributed by atoms with Gasteiger partial charge in [-0.1, -0.05) is 0 Å². The standard InChI is InChI=1S/C19H26N6O3.C5H10O2/c1-19(2,3)28-18(26)24-6-4-12(5-7-24)13-10-14-16-15(11-21-17(20)22-16)27-9-8-25(14)23-13;6-5-2-1-3-7-4-5/h10-12H,4-9H2,1-3H3,(H2,20,21,22);5-6H,1-4H2. The van der Waals surface area contributed by atoms with Crippen molar-refractivity contribution >= 4 is 12.0 Å². The number of aliphatic hydroxyl groups is 1. The molecule has 1 amide bonds. The van der Waals surface area contributed by atoms with Crippen molar-refractivity contribution in [1.29, 1.82) is 0 Å². The van der Waals surface area contributed by atoms with Gasteiger partial charge in [-0.25, -0.2) is 14.8 Å². The Balaban J connectivity index is 0.000000356. The SMILES string of the molecule is CC(C)(C)OC(=O)N1CCC(c2cc3n(n2)CCOc2cnc(N)nc2-3)CC1.OC1CCCOC1. The fraction of sp³-hybridized carbons (Fsp3) is 0.667. The number of aromatic nitrogens is 4. The molecule has 1 unspecified atom stereocenters. The molecular weight excluding hydrogens is 452 g/mol. The second-order valence-corrected chi connectivity index (χ2v) is 10.1. The Labute approximate surface area is 205 Å². The number of anilines is 1. The minimum Gasteiger partial charge on any atom is -0.488 e. The summed E-state index contributed by atoms with van der Waals surface area (Å²) in [6.07, 6.45) is 4.81. The minimum absolute atomic E-state index is 0.186. The van der Waals surface area contributed by atoms with E-state index in [0.717, 1.165) is 43.7 Å². The molecule has 1 atom stereocenters. The van der Waals surface area contributed by atoms with Gasteiger partial charge in [-0.2, -0.15) is 5.10 Å². The zero-order valence-corrected chi connectivity index (χ0v) is 20.8. The normalized spacial score (nSPS) is 20.5. The number of rotatable bonds is 1. The average molecular weight is 489 g/mol. The van der Waals surface area contributed by atoms with Crippen LogP contribution in [0.5, 0.6) is 5.75 Å². The summed E-state index contributed by atoms with van der Waals surface area (Å²) < 4.78 is 18.0. The second kappa shape index (κ2) is 10.8. The highest BCUT2D eigenvalue weighted by Gasteiger charge is 2.30. The molecule has 11 heteroatoms. The van der Waals surface area contributed by atoms with E-state index in [1.807, 2.05) is 25.5 Å². The zero-order valence-electron chi connectivity index (χ0n) is 20.8. The van der Waals surface area contributed by atoms with Crippen molar-refractivity contribution in [2.75, 3.05) is 38.6 Å². The van der Waals surface area contributed by atoms with E-state index < -0.39 is 5.60 Å². The summed E-state index contributed by atoms with van der Waals surface area (Å²) in [5, 5.41) is 13.6. The number of hydrogen-bond donors (Lipinski definition) is 2. The Hall–Kier alpha value is -2.92. The Bertz CT molecular complexity index is 1010. The summed E-state index contributed by atoms with van der Waals surface area (Å²) in [6.45, 7) is 9.49. The van der Waals surface area contributed by atoms with Crippen LogP contribution in [0.15, 0.2) is 12.3 Å². The van der Waals surface area contributed by atoms with Crippen LogP contribution in [-0.2, 0) is 16.0 Å². The van der Waals surface area contributed by atoms with Crippen LogP contribution in [-0.4, -0.2) is 80.5 Å². The van der Waals surface area contributed by atoms with Crippen LogP contribution in [0.25, 0.3) is 11.4 Å². The highest BCUT2D eigenvalue weighted by Crippen LogP contribution is 2.35. The highest BCUT2D eigenvalue weighted by atomic mass is 16.6. The molecule has 3 N–H and O–H groups in total. The quantitative estimate of drug-likeness (QED) is 0.620. The molecule has 192 valence electrons. The van der Waals surface area contributed by atoms with Gasteiger partial charge in [0, 0.05) is 25.6 Å². The third-order valence-corrected chi connectivity index (χ3v) is 6.08. The number of piperidine rings is 1. The van der Waals surface area contributed by atoms with Crippen molar-refractivity contribution in [2.24, 2.45) is 0 Å². The van der Waals surface area contributed by atoms with Gasteiger partial charge in [0.2, 0.25) is 5.95 Å². The number of amides is 1. The third-order valence-electron chi connectivity index (χ3n) is 6.08. The largest absolute Gasteiger partial charge is 0.488 e. The maximum Gasteiger partial charge on any atom is 0.410 e. The van der Waals surface area contributed by atoms with Crippen LogP contribution in [0, 0.1) is 0 Å². The molecule has 0 aliphatic carbocycles. The summed E-state index contributed by atoms with van der Waals surface area (Å²) in [6, 6.07) is 2.06. The summed E-state index contributed by atoms with van der Waals surface area (Å²) >= 11 is 0. The maximum atomic E-state index is 12.3. The first-order valence-corrected chi connectivity index (χ1v) is 12.3. The van der Waals surface area contributed by atoms with Crippen molar-refractivity contribution < 1.29 is 24.1 Å². The van der Waals surface area contributed by atoms with E-state index in [-0.39, 0.29) is 18.1 Å². The van der Waals surface area contributed by atoms with Crippen LogP contribution in [0.3, 0.4) is 0 Å². The Morgan fingerprint density at radius 1 is 1.20 bits per heavy atom. The summed E-state index contributed by atoms with van der Waals surface area (Å²) in [5.74, 6) is 1.13. The summed E-state index contributed by atoms with van der Waals surface area (Å²) in [7, 11) is 0. The van der Waals surface area contributed by atoms with Gasteiger partial charge in [-0.15, -0.1) is 0 Å². The number of hydrogen-bond acceptors (Lipinski definition) is 9. The lowest BCUT2D eigenvalue weighted by atomic mass is 9.93. The molecule has 2 aromatic rings. The van der Waals surface area contributed by atoms with Crippen molar-refractivity contribution in [3.63, 3.8) is 0 Å².